The largest absolute Gasteiger partial charge is 0.349 e. The third kappa shape index (κ3) is 4.10. The van der Waals surface area contributed by atoms with Crippen molar-refractivity contribution in [3.63, 3.8) is 0 Å². The van der Waals surface area contributed by atoms with E-state index in [9.17, 15) is 4.79 Å². The molecular formula is C20H27ClN4O. The summed E-state index contributed by atoms with van der Waals surface area (Å²) in [7, 11) is 0. The van der Waals surface area contributed by atoms with E-state index >= 15 is 0 Å². The summed E-state index contributed by atoms with van der Waals surface area (Å²) in [6.45, 7) is 6.17. The van der Waals surface area contributed by atoms with Crippen LogP contribution in [0.15, 0.2) is 30.5 Å². The number of nitrogens with two attached hydrogens (primary N) is 1. The molecule has 1 amide bonds. The fourth-order valence-electron chi connectivity index (χ4n) is 3.26. The Morgan fingerprint density at radius 2 is 1.88 bits per heavy atom. The number of benzene rings is 1. The van der Waals surface area contributed by atoms with Gasteiger partial charge in [0.25, 0.3) is 5.91 Å². The van der Waals surface area contributed by atoms with Crippen molar-refractivity contribution in [2.24, 2.45) is 5.73 Å². The van der Waals surface area contributed by atoms with Gasteiger partial charge in [-0.05, 0) is 52.5 Å². The normalized spacial score (nSPS) is 20.8. The van der Waals surface area contributed by atoms with Crippen molar-refractivity contribution in [2.45, 2.75) is 64.1 Å². The molecule has 0 saturated heterocycles. The maximum absolute atomic E-state index is 13.0. The SMILES string of the molecule is CC(C)(C)n1cc(C(=O)NC2CCC(N)CC2)c(-c2ccccc2Cl)n1. The number of hydrogen-bond acceptors (Lipinski definition) is 3. The Kier molecular flexibility index (Phi) is 5.39. The zero-order valence-electron chi connectivity index (χ0n) is 15.6. The van der Waals surface area contributed by atoms with Gasteiger partial charge in [-0.25, -0.2) is 0 Å². The molecule has 0 bridgehead atoms. The van der Waals surface area contributed by atoms with Crippen molar-refractivity contribution in [1.82, 2.24) is 15.1 Å². The molecule has 1 fully saturated rings. The topological polar surface area (TPSA) is 72.9 Å². The Balaban J connectivity index is 1.93. The van der Waals surface area contributed by atoms with Gasteiger partial charge < -0.3 is 11.1 Å². The van der Waals surface area contributed by atoms with Crippen LogP contribution in [0.3, 0.4) is 0 Å². The highest BCUT2D eigenvalue weighted by molar-refractivity contribution is 6.33. The van der Waals surface area contributed by atoms with Crippen molar-refractivity contribution in [3.05, 3.63) is 41.0 Å². The van der Waals surface area contributed by atoms with Crippen molar-refractivity contribution >= 4 is 17.5 Å². The molecule has 0 unspecified atom stereocenters. The van der Waals surface area contributed by atoms with Crippen LogP contribution in [0.2, 0.25) is 5.02 Å². The molecule has 1 saturated carbocycles. The molecule has 0 radical (unpaired) electrons. The van der Waals surface area contributed by atoms with E-state index in [2.05, 4.69) is 26.1 Å². The number of carbonyl (C=O) groups is 1. The average molecular weight is 375 g/mol. The van der Waals surface area contributed by atoms with Gasteiger partial charge in [-0.3, -0.25) is 9.48 Å². The smallest absolute Gasteiger partial charge is 0.255 e. The standard InChI is InChI=1S/C20H27ClN4O/c1-20(2,3)25-12-16(18(24-25)15-6-4-5-7-17(15)21)19(26)23-14-10-8-13(22)9-11-14/h4-7,12-14H,8-11,22H2,1-3H3,(H,23,26). The molecule has 1 aliphatic rings. The average Bonchev–Trinajstić information content (AvgIpc) is 3.03. The van der Waals surface area contributed by atoms with Gasteiger partial charge in [0.1, 0.15) is 5.69 Å². The third-order valence-electron chi connectivity index (χ3n) is 4.88. The van der Waals surface area contributed by atoms with Crippen LogP contribution in [-0.4, -0.2) is 27.8 Å². The van der Waals surface area contributed by atoms with Gasteiger partial charge >= 0.3 is 0 Å². The highest BCUT2D eigenvalue weighted by Crippen LogP contribution is 2.31. The minimum atomic E-state index is -0.230. The lowest BCUT2D eigenvalue weighted by atomic mass is 9.91. The number of amides is 1. The third-order valence-corrected chi connectivity index (χ3v) is 5.21. The molecule has 1 aromatic carbocycles. The van der Waals surface area contributed by atoms with Crippen LogP contribution in [0.25, 0.3) is 11.3 Å². The molecule has 1 aliphatic carbocycles. The summed E-state index contributed by atoms with van der Waals surface area (Å²) in [5.41, 5.74) is 7.69. The van der Waals surface area contributed by atoms with Crippen molar-refractivity contribution in [2.75, 3.05) is 0 Å². The number of nitrogens with one attached hydrogen (secondary N) is 1. The molecular weight excluding hydrogens is 348 g/mol. The molecule has 5 nitrogen and oxygen atoms in total. The molecule has 26 heavy (non-hydrogen) atoms. The fourth-order valence-corrected chi connectivity index (χ4v) is 3.49. The number of rotatable bonds is 3. The Morgan fingerprint density at radius 1 is 1.23 bits per heavy atom. The predicted molar refractivity (Wildman–Crippen MR) is 105 cm³/mol. The van der Waals surface area contributed by atoms with E-state index in [0.29, 0.717) is 16.3 Å². The summed E-state index contributed by atoms with van der Waals surface area (Å²) in [6, 6.07) is 7.91. The fraction of sp³-hybridized carbons (Fsp3) is 0.500. The number of carbonyl (C=O) groups excluding carboxylic acids is 1. The monoisotopic (exact) mass is 374 g/mol. The first-order chi connectivity index (χ1) is 12.3. The Morgan fingerprint density at radius 3 is 2.50 bits per heavy atom. The second-order valence-corrected chi connectivity index (χ2v) is 8.48. The van der Waals surface area contributed by atoms with Gasteiger partial charge in [0, 0.05) is 23.8 Å². The first kappa shape index (κ1) is 18.9. The van der Waals surface area contributed by atoms with Crippen LogP contribution in [0.5, 0.6) is 0 Å². The van der Waals surface area contributed by atoms with Gasteiger partial charge in [-0.1, -0.05) is 29.8 Å². The lowest BCUT2D eigenvalue weighted by Crippen LogP contribution is -2.40. The van der Waals surface area contributed by atoms with Crippen LogP contribution in [0.4, 0.5) is 0 Å². The summed E-state index contributed by atoms with van der Waals surface area (Å²) >= 11 is 6.37. The first-order valence-corrected chi connectivity index (χ1v) is 9.55. The molecule has 1 aromatic heterocycles. The van der Waals surface area contributed by atoms with Crippen LogP contribution in [0.1, 0.15) is 56.8 Å². The molecule has 1 heterocycles. The highest BCUT2D eigenvalue weighted by Gasteiger charge is 2.26. The Hall–Kier alpha value is -1.85. The van der Waals surface area contributed by atoms with Gasteiger partial charge in [0.05, 0.1) is 16.1 Å². The molecule has 6 heteroatoms. The maximum atomic E-state index is 13.0. The van der Waals surface area contributed by atoms with E-state index in [1.807, 2.05) is 35.1 Å². The molecule has 0 spiro atoms. The van der Waals surface area contributed by atoms with Gasteiger partial charge in [0.2, 0.25) is 0 Å². The lowest BCUT2D eigenvalue weighted by Gasteiger charge is -2.26. The number of nitrogens with zero attached hydrogens (tertiary/aromatic N) is 2. The molecule has 0 aliphatic heterocycles. The molecule has 0 atom stereocenters. The first-order valence-electron chi connectivity index (χ1n) is 9.17. The van der Waals surface area contributed by atoms with E-state index < -0.39 is 0 Å². The van der Waals surface area contributed by atoms with Crippen molar-refractivity contribution < 1.29 is 4.79 Å². The second-order valence-electron chi connectivity index (χ2n) is 8.07. The summed E-state index contributed by atoms with van der Waals surface area (Å²) < 4.78 is 1.83. The van der Waals surface area contributed by atoms with Crippen LogP contribution >= 0.6 is 11.6 Å². The number of aromatic nitrogens is 2. The lowest BCUT2D eigenvalue weighted by molar-refractivity contribution is 0.0926. The Bertz CT molecular complexity index is 785. The summed E-state index contributed by atoms with van der Waals surface area (Å²) in [5.74, 6) is -0.101. The van der Waals surface area contributed by atoms with Crippen molar-refractivity contribution in [1.29, 1.82) is 0 Å². The van der Waals surface area contributed by atoms with E-state index in [1.54, 1.807) is 0 Å². The highest BCUT2D eigenvalue weighted by atomic mass is 35.5. The summed E-state index contributed by atoms with van der Waals surface area (Å²) in [4.78, 5) is 13.0. The van der Waals surface area contributed by atoms with Gasteiger partial charge in [-0.15, -0.1) is 0 Å². The van der Waals surface area contributed by atoms with Crippen LogP contribution < -0.4 is 11.1 Å². The summed E-state index contributed by atoms with van der Waals surface area (Å²) in [5, 5.41) is 8.44. The predicted octanol–water partition coefficient (Wildman–Crippen LogP) is 3.96. The number of halogens is 1. The van der Waals surface area contributed by atoms with Crippen LogP contribution in [0, 0.1) is 0 Å². The maximum Gasteiger partial charge on any atom is 0.255 e. The van der Waals surface area contributed by atoms with Gasteiger partial charge in [0.15, 0.2) is 0 Å². The molecule has 3 N–H and O–H groups in total. The molecule has 140 valence electrons. The van der Waals surface area contributed by atoms with Gasteiger partial charge in [-0.2, -0.15) is 5.10 Å². The van der Waals surface area contributed by atoms with E-state index in [0.717, 1.165) is 31.2 Å². The molecule has 3 rings (SSSR count). The van der Waals surface area contributed by atoms with E-state index in [4.69, 9.17) is 22.4 Å². The quantitative estimate of drug-likeness (QED) is 0.854. The minimum absolute atomic E-state index is 0.101. The van der Waals surface area contributed by atoms with E-state index in [1.165, 1.54) is 0 Å². The zero-order valence-corrected chi connectivity index (χ0v) is 16.4. The van der Waals surface area contributed by atoms with E-state index in [-0.39, 0.29) is 23.5 Å². The zero-order chi connectivity index (χ0) is 18.9. The summed E-state index contributed by atoms with van der Waals surface area (Å²) in [6.07, 6.45) is 5.55. The van der Waals surface area contributed by atoms with Crippen LogP contribution in [-0.2, 0) is 5.54 Å². The molecule has 2 aromatic rings. The number of hydrogen-bond donors (Lipinski definition) is 2. The second kappa shape index (κ2) is 7.41. The van der Waals surface area contributed by atoms with Crippen molar-refractivity contribution in [3.8, 4) is 11.3 Å². The Labute approximate surface area is 159 Å². The minimum Gasteiger partial charge on any atom is -0.349 e.